The minimum atomic E-state index is -0.422. The van der Waals surface area contributed by atoms with Crippen molar-refractivity contribution in [2.75, 3.05) is 39.4 Å². The predicted molar refractivity (Wildman–Crippen MR) is 107 cm³/mol. The molecule has 8 heteroatoms. The van der Waals surface area contributed by atoms with Gasteiger partial charge in [-0.1, -0.05) is 11.6 Å². The van der Waals surface area contributed by atoms with Crippen molar-refractivity contribution in [1.82, 2.24) is 10.2 Å². The van der Waals surface area contributed by atoms with E-state index in [1.165, 1.54) is 6.07 Å². The number of halogens is 4. The van der Waals surface area contributed by atoms with Gasteiger partial charge in [0.2, 0.25) is 0 Å². The van der Waals surface area contributed by atoms with Crippen LogP contribution in [0.15, 0.2) is 34.7 Å². The summed E-state index contributed by atoms with van der Waals surface area (Å²) in [4.78, 5) is 2.43. The van der Waals surface area contributed by atoms with Crippen molar-refractivity contribution in [2.24, 2.45) is 0 Å². The number of furan rings is 1. The number of hydrogen-bond acceptors (Lipinski definition) is 4. The van der Waals surface area contributed by atoms with Crippen LogP contribution >= 0.6 is 36.4 Å². The Hall–Kier alpha value is -0.820. The third kappa shape index (κ3) is 6.72. The fourth-order valence-corrected chi connectivity index (χ4v) is 2.92. The number of hydrogen-bond donors (Lipinski definition) is 1. The summed E-state index contributed by atoms with van der Waals surface area (Å²) in [6.45, 7) is 6.46. The van der Waals surface area contributed by atoms with Crippen molar-refractivity contribution in [3.63, 3.8) is 0 Å². The molecule has 0 saturated carbocycles. The standard InChI is InChI=1S/C18H22ClFN2O2.2ClH/c19-16-12-14(2-4-17(16)20)18-5-3-15(24-18)13-21-6-1-7-22-8-10-23-11-9-22;;/h2-5,12,21H,1,6-11,13H2;2*1H. The molecule has 1 aromatic heterocycles. The summed E-state index contributed by atoms with van der Waals surface area (Å²) in [6, 6.07) is 8.41. The molecule has 4 nitrogen and oxygen atoms in total. The number of nitrogens with one attached hydrogen (secondary N) is 1. The van der Waals surface area contributed by atoms with E-state index in [1.807, 2.05) is 12.1 Å². The molecule has 26 heavy (non-hydrogen) atoms. The van der Waals surface area contributed by atoms with E-state index in [1.54, 1.807) is 12.1 Å². The molecule has 0 unspecified atom stereocenters. The van der Waals surface area contributed by atoms with E-state index in [9.17, 15) is 4.39 Å². The molecular formula is C18H24Cl3FN2O2. The maximum atomic E-state index is 13.2. The molecule has 0 bridgehead atoms. The number of rotatable bonds is 7. The van der Waals surface area contributed by atoms with Crippen LogP contribution in [0.1, 0.15) is 12.2 Å². The van der Waals surface area contributed by atoms with Gasteiger partial charge in [-0.3, -0.25) is 4.90 Å². The molecule has 0 aliphatic carbocycles. The zero-order valence-electron chi connectivity index (χ0n) is 14.4. The lowest BCUT2D eigenvalue weighted by molar-refractivity contribution is 0.0374. The van der Waals surface area contributed by atoms with E-state index in [0.717, 1.165) is 57.1 Å². The van der Waals surface area contributed by atoms with Gasteiger partial charge in [0.1, 0.15) is 17.3 Å². The van der Waals surface area contributed by atoms with Gasteiger partial charge in [0, 0.05) is 18.7 Å². The van der Waals surface area contributed by atoms with Gasteiger partial charge in [-0.25, -0.2) is 4.39 Å². The van der Waals surface area contributed by atoms with E-state index >= 15 is 0 Å². The third-order valence-corrected chi connectivity index (χ3v) is 4.39. The fourth-order valence-electron chi connectivity index (χ4n) is 2.74. The molecule has 2 aromatic rings. The highest BCUT2D eigenvalue weighted by atomic mass is 35.5. The second-order valence-electron chi connectivity index (χ2n) is 5.88. The fraction of sp³-hybridized carbons (Fsp3) is 0.444. The van der Waals surface area contributed by atoms with Crippen LogP contribution in [0.3, 0.4) is 0 Å². The lowest BCUT2D eigenvalue weighted by Gasteiger charge is -2.26. The Labute approximate surface area is 170 Å². The first kappa shape index (κ1) is 23.2. The van der Waals surface area contributed by atoms with Crippen LogP contribution in [0.5, 0.6) is 0 Å². The minimum Gasteiger partial charge on any atom is -0.460 e. The zero-order valence-corrected chi connectivity index (χ0v) is 16.8. The summed E-state index contributed by atoms with van der Waals surface area (Å²) in [5.41, 5.74) is 0.778. The Bertz CT molecular complexity index is 664. The maximum absolute atomic E-state index is 13.2. The van der Waals surface area contributed by atoms with Crippen LogP contribution in [0.25, 0.3) is 11.3 Å². The highest BCUT2D eigenvalue weighted by molar-refractivity contribution is 6.31. The molecule has 146 valence electrons. The van der Waals surface area contributed by atoms with Crippen LogP contribution in [0, 0.1) is 5.82 Å². The lowest BCUT2D eigenvalue weighted by Crippen LogP contribution is -2.37. The van der Waals surface area contributed by atoms with Crippen molar-refractivity contribution in [1.29, 1.82) is 0 Å². The third-order valence-electron chi connectivity index (χ3n) is 4.10. The number of nitrogens with zero attached hydrogens (tertiary/aromatic N) is 1. The average Bonchev–Trinajstić information content (AvgIpc) is 3.07. The van der Waals surface area contributed by atoms with Crippen LogP contribution in [-0.2, 0) is 11.3 Å². The Kier molecular flexibility index (Phi) is 10.5. The van der Waals surface area contributed by atoms with Gasteiger partial charge in [-0.15, -0.1) is 24.8 Å². The van der Waals surface area contributed by atoms with Crippen LogP contribution < -0.4 is 5.32 Å². The summed E-state index contributed by atoms with van der Waals surface area (Å²) >= 11 is 5.81. The van der Waals surface area contributed by atoms with Crippen LogP contribution in [-0.4, -0.2) is 44.3 Å². The van der Waals surface area contributed by atoms with Crippen molar-refractivity contribution in [3.8, 4) is 11.3 Å². The van der Waals surface area contributed by atoms with E-state index in [2.05, 4.69) is 10.2 Å². The van der Waals surface area contributed by atoms with Gasteiger partial charge in [-0.2, -0.15) is 0 Å². The highest BCUT2D eigenvalue weighted by Crippen LogP contribution is 2.26. The SMILES string of the molecule is Cl.Cl.Fc1ccc(-c2ccc(CNCCCN3CCOCC3)o2)cc1Cl. The monoisotopic (exact) mass is 424 g/mol. The smallest absolute Gasteiger partial charge is 0.141 e. The highest BCUT2D eigenvalue weighted by Gasteiger charge is 2.10. The zero-order chi connectivity index (χ0) is 16.8. The molecular weight excluding hydrogens is 402 g/mol. The quantitative estimate of drug-likeness (QED) is 0.668. The molecule has 1 aliphatic heterocycles. The average molecular weight is 426 g/mol. The molecule has 0 amide bonds. The Morgan fingerprint density at radius 2 is 1.88 bits per heavy atom. The maximum Gasteiger partial charge on any atom is 0.141 e. The number of benzene rings is 1. The first-order chi connectivity index (χ1) is 11.7. The summed E-state index contributed by atoms with van der Waals surface area (Å²) in [5, 5.41) is 3.49. The first-order valence-electron chi connectivity index (χ1n) is 8.27. The largest absolute Gasteiger partial charge is 0.460 e. The van der Waals surface area contributed by atoms with E-state index in [-0.39, 0.29) is 29.8 Å². The van der Waals surface area contributed by atoms with Gasteiger partial charge < -0.3 is 14.5 Å². The summed E-state index contributed by atoms with van der Waals surface area (Å²) < 4.78 is 24.3. The van der Waals surface area contributed by atoms with Gasteiger partial charge >= 0.3 is 0 Å². The van der Waals surface area contributed by atoms with Gasteiger partial charge in [0.05, 0.1) is 24.8 Å². The minimum absolute atomic E-state index is 0. The van der Waals surface area contributed by atoms with Gasteiger partial charge in [-0.05, 0) is 49.8 Å². The Morgan fingerprint density at radius 1 is 1.12 bits per heavy atom. The van der Waals surface area contributed by atoms with E-state index in [0.29, 0.717) is 12.3 Å². The molecule has 1 aromatic carbocycles. The number of morpholine rings is 1. The molecule has 0 radical (unpaired) electrons. The molecule has 1 N–H and O–H groups in total. The molecule has 1 fully saturated rings. The Balaban J connectivity index is 0.00000169. The van der Waals surface area contributed by atoms with Crippen molar-refractivity contribution in [2.45, 2.75) is 13.0 Å². The normalized spacial score (nSPS) is 14.5. The van der Waals surface area contributed by atoms with Crippen LogP contribution in [0.4, 0.5) is 4.39 Å². The molecule has 3 rings (SSSR count). The Morgan fingerprint density at radius 3 is 2.62 bits per heavy atom. The molecule has 1 saturated heterocycles. The summed E-state index contributed by atoms with van der Waals surface area (Å²) in [6.07, 6.45) is 1.10. The lowest BCUT2D eigenvalue weighted by atomic mass is 10.2. The second kappa shape index (κ2) is 11.8. The van der Waals surface area contributed by atoms with Crippen molar-refractivity contribution >= 4 is 36.4 Å². The van der Waals surface area contributed by atoms with Gasteiger partial charge in [0.25, 0.3) is 0 Å². The van der Waals surface area contributed by atoms with Crippen molar-refractivity contribution in [3.05, 3.63) is 46.9 Å². The second-order valence-corrected chi connectivity index (χ2v) is 6.29. The number of ether oxygens (including phenoxy) is 1. The molecule has 2 heterocycles. The molecule has 0 atom stereocenters. The van der Waals surface area contributed by atoms with E-state index in [4.69, 9.17) is 20.8 Å². The summed E-state index contributed by atoms with van der Waals surface area (Å²) in [5.74, 6) is 1.13. The first-order valence-corrected chi connectivity index (χ1v) is 8.65. The molecule has 0 spiro atoms. The van der Waals surface area contributed by atoms with Gasteiger partial charge in [0.15, 0.2) is 0 Å². The topological polar surface area (TPSA) is 37.6 Å². The summed E-state index contributed by atoms with van der Waals surface area (Å²) in [7, 11) is 0. The van der Waals surface area contributed by atoms with E-state index < -0.39 is 5.82 Å². The van der Waals surface area contributed by atoms with Crippen LogP contribution in [0.2, 0.25) is 5.02 Å². The predicted octanol–water partition coefficient (Wildman–Crippen LogP) is 4.39. The molecule has 1 aliphatic rings. The van der Waals surface area contributed by atoms with Crippen molar-refractivity contribution < 1.29 is 13.5 Å².